The third-order valence-corrected chi connectivity index (χ3v) is 6.24. The maximum atomic E-state index is 12.2. The summed E-state index contributed by atoms with van der Waals surface area (Å²) in [6.45, 7) is 7.15. The van der Waals surface area contributed by atoms with Gasteiger partial charge in [-0.3, -0.25) is 13.9 Å². The van der Waals surface area contributed by atoms with Gasteiger partial charge in [0, 0.05) is 58.9 Å². The van der Waals surface area contributed by atoms with Crippen molar-refractivity contribution in [1.29, 1.82) is 0 Å². The molecule has 2 rings (SSSR count). The van der Waals surface area contributed by atoms with Crippen molar-refractivity contribution in [2.45, 2.75) is 31.6 Å². The fourth-order valence-corrected chi connectivity index (χ4v) is 3.52. The first kappa shape index (κ1) is 24.9. The molecule has 0 radical (unpaired) electrons. The number of aromatic nitrogens is 2. The number of rotatable bonds is 7. The lowest BCUT2D eigenvalue weighted by molar-refractivity contribution is 0.511. The van der Waals surface area contributed by atoms with E-state index >= 15 is 0 Å². The molecule has 6 nitrogen and oxygen atoms in total. The Morgan fingerprint density at radius 2 is 1.96 bits per heavy atom. The minimum Gasteiger partial charge on any atom is -0.355 e. The third-order valence-electron chi connectivity index (χ3n) is 4.05. The van der Waals surface area contributed by atoms with Gasteiger partial charge in [-0.25, -0.2) is 0 Å². The monoisotopic (exact) mass is 537 g/mol. The van der Waals surface area contributed by atoms with Gasteiger partial charge in [-0.1, -0.05) is 23.7 Å². The molecule has 0 aliphatic heterocycles. The molecule has 1 aromatic carbocycles. The summed E-state index contributed by atoms with van der Waals surface area (Å²) in [5, 5.41) is 11.6. The molecule has 0 amide bonds. The highest BCUT2D eigenvalue weighted by atomic mass is 127. The van der Waals surface area contributed by atoms with Crippen molar-refractivity contribution in [2.24, 2.45) is 4.99 Å². The second-order valence-corrected chi connectivity index (χ2v) is 9.86. The minimum atomic E-state index is -0.897. The third kappa shape index (κ3) is 7.71. The van der Waals surface area contributed by atoms with E-state index in [-0.39, 0.29) is 34.8 Å². The van der Waals surface area contributed by atoms with Crippen LogP contribution in [0.4, 0.5) is 0 Å². The van der Waals surface area contributed by atoms with Gasteiger partial charge in [-0.05, 0) is 44.5 Å². The highest BCUT2D eigenvalue weighted by Crippen LogP contribution is 2.19. The van der Waals surface area contributed by atoms with Crippen molar-refractivity contribution in [2.75, 3.05) is 25.9 Å². The van der Waals surface area contributed by atoms with Crippen molar-refractivity contribution in [3.8, 4) is 0 Å². The number of guanidine groups is 1. The number of aliphatic imine (C=N–C) groups is 1. The predicted molar refractivity (Wildman–Crippen MR) is 129 cm³/mol. The molecule has 0 spiro atoms. The summed E-state index contributed by atoms with van der Waals surface area (Å²) in [5.74, 6) is 1.25. The fraction of sp³-hybridized carbons (Fsp3) is 0.474. The maximum Gasteiger partial charge on any atom is 0.191 e. The number of nitrogens with zero attached hydrogens (tertiary/aromatic N) is 3. The van der Waals surface area contributed by atoms with E-state index in [1.165, 1.54) is 0 Å². The summed E-state index contributed by atoms with van der Waals surface area (Å²) in [4.78, 5) is 4.25. The lowest BCUT2D eigenvalue weighted by Gasteiger charge is -2.21. The molecular weight excluding hydrogens is 509 g/mol. The molecule has 2 unspecified atom stereocenters. The largest absolute Gasteiger partial charge is 0.355 e. The van der Waals surface area contributed by atoms with Crippen LogP contribution in [0.15, 0.2) is 47.7 Å². The van der Waals surface area contributed by atoms with Crippen LogP contribution in [0.5, 0.6) is 0 Å². The molecule has 2 aromatic rings. The zero-order chi connectivity index (χ0) is 19.9. The van der Waals surface area contributed by atoms with Crippen molar-refractivity contribution in [1.82, 2.24) is 20.4 Å². The molecular formula is C19H29ClIN5OS. The Morgan fingerprint density at radius 1 is 1.29 bits per heavy atom. The molecule has 0 aliphatic rings. The Hall–Kier alpha value is -1.13. The highest BCUT2D eigenvalue weighted by molar-refractivity contribution is 14.0. The second-order valence-electron chi connectivity index (χ2n) is 7.10. The normalized spacial score (nSPS) is 14.1. The van der Waals surface area contributed by atoms with E-state index in [0.29, 0.717) is 29.8 Å². The lowest BCUT2D eigenvalue weighted by Crippen LogP contribution is -2.42. The van der Waals surface area contributed by atoms with Crippen molar-refractivity contribution in [3.63, 3.8) is 0 Å². The first-order valence-corrected chi connectivity index (χ1v) is 10.6. The first-order valence-electron chi connectivity index (χ1n) is 8.89. The van der Waals surface area contributed by atoms with E-state index in [4.69, 9.17) is 11.6 Å². The van der Waals surface area contributed by atoms with E-state index in [1.807, 2.05) is 62.0 Å². The molecule has 0 bridgehead atoms. The van der Waals surface area contributed by atoms with Crippen LogP contribution >= 0.6 is 35.6 Å². The number of nitrogens with one attached hydrogen (secondary N) is 2. The summed E-state index contributed by atoms with van der Waals surface area (Å²) in [6.07, 6.45) is 3.70. The van der Waals surface area contributed by atoms with Gasteiger partial charge in [0.05, 0.1) is 6.04 Å². The molecule has 156 valence electrons. The Morgan fingerprint density at radius 3 is 2.50 bits per heavy atom. The molecule has 1 heterocycles. The molecule has 2 N–H and O–H groups in total. The summed E-state index contributed by atoms with van der Waals surface area (Å²) in [7, 11) is 0.827. The zero-order valence-corrected chi connectivity index (χ0v) is 20.6. The summed E-state index contributed by atoms with van der Waals surface area (Å²) in [5.41, 5.74) is 1.10. The van der Waals surface area contributed by atoms with Crippen molar-refractivity contribution >= 4 is 52.3 Å². The average molecular weight is 538 g/mol. The highest BCUT2D eigenvalue weighted by Gasteiger charge is 2.19. The molecule has 0 saturated carbocycles. The Balaban J connectivity index is 0.00000392. The van der Waals surface area contributed by atoms with E-state index in [1.54, 1.807) is 13.2 Å². The molecule has 0 fully saturated rings. The second kappa shape index (κ2) is 11.8. The molecule has 28 heavy (non-hydrogen) atoms. The van der Waals surface area contributed by atoms with E-state index in [9.17, 15) is 4.21 Å². The fourth-order valence-electron chi connectivity index (χ4n) is 2.50. The van der Waals surface area contributed by atoms with Gasteiger partial charge >= 0.3 is 0 Å². The van der Waals surface area contributed by atoms with Crippen molar-refractivity contribution in [3.05, 3.63) is 53.3 Å². The quantitative estimate of drug-likeness (QED) is 0.322. The number of halogens is 2. The standard InChI is InChI=1S/C19H28ClN5OS.HI/c1-19(2,3)27(26)13-11-22-18(21-4)23-14-17(25-12-5-10-24-25)15-6-8-16(20)9-7-15;/h5-10,12,17H,11,13-14H2,1-4H3,(H2,21,22,23);1H. The van der Waals surface area contributed by atoms with Crippen LogP contribution in [-0.4, -0.2) is 50.6 Å². The van der Waals surface area contributed by atoms with Crippen LogP contribution in [0.3, 0.4) is 0 Å². The van der Waals surface area contributed by atoms with E-state index in [2.05, 4.69) is 20.7 Å². The molecule has 2 atom stereocenters. The topological polar surface area (TPSA) is 71.3 Å². The minimum absolute atomic E-state index is 0. The van der Waals surface area contributed by atoms with Gasteiger partial charge in [0.15, 0.2) is 5.96 Å². The molecule has 0 saturated heterocycles. The molecule has 1 aromatic heterocycles. The van der Waals surface area contributed by atoms with Crippen LogP contribution in [0, 0.1) is 0 Å². The van der Waals surface area contributed by atoms with E-state index in [0.717, 1.165) is 5.56 Å². The SMILES string of the molecule is CN=C(NCCS(=O)C(C)(C)C)NCC(c1ccc(Cl)cc1)n1cccn1.I. The molecule has 9 heteroatoms. The number of hydrogen-bond donors (Lipinski definition) is 2. The summed E-state index contributed by atoms with van der Waals surface area (Å²) < 4.78 is 13.8. The average Bonchev–Trinajstić information content (AvgIpc) is 3.15. The Bertz CT molecular complexity index is 760. The van der Waals surface area contributed by atoms with Gasteiger partial charge < -0.3 is 10.6 Å². The lowest BCUT2D eigenvalue weighted by atomic mass is 10.1. The Kier molecular flexibility index (Phi) is 10.5. The number of benzene rings is 1. The van der Waals surface area contributed by atoms with Gasteiger partial charge in [0.2, 0.25) is 0 Å². The predicted octanol–water partition coefficient (Wildman–Crippen LogP) is 3.46. The van der Waals surface area contributed by atoms with Crippen LogP contribution in [0.1, 0.15) is 32.4 Å². The molecule has 0 aliphatic carbocycles. The van der Waals surface area contributed by atoms with Gasteiger partial charge in [0.1, 0.15) is 0 Å². The Labute approximate surface area is 192 Å². The van der Waals surface area contributed by atoms with E-state index < -0.39 is 10.8 Å². The number of hydrogen-bond acceptors (Lipinski definition) is 3. The van der Waals surface area contributed by atoms with Crippen LogP contribution < -0.4 is 10.6 Å². The van der Waals surface area contributed by atoms with Crippen LogP contribution in [-0.2, 0) is 10.8 Å². The van der Waals surface area contributed by atoms with Crippen LogP contribution in [0.25, 0.3) is 0 Å². The van der Waals surface area contributed by atoms with Gasteiger partial charge in [0.25, 0.3) is 0 Å². The summed E-state index contributed by atoms with van der Waals surface area (Å²) in [6, 6.07) is 9.65. The summed E-state index contributed by atoms with van der Waals surface area (Å²) >= 11 is 6.01. The maximum absolute atomic E-state index is 12.2. The first-order chi connectivity index (χ1) is 12.8. The zero-order valence-electron chi connectivity index (χ0n) is 16.7. The van der Waals surface area contributed by atoms with Crippen LogP contribution in [0.2, 0.25) is 5.02 Å². The van der Waals surface area contributed by atoms with Gasteiger partial charge in [-0.15, -0.1) is 24.0 Å². The van der Waals surface area contributed by atoms with Crippen molar-refractivity contribution < 1.29 is 4.21 Å². The van der Waals surface area contributed by atoms with Gasteiger partial charge in [-0.2, -0.15) is 5.10 Å². The smallest absolute Gasteiger partial charge is 0.191 e.